The van der Waals surface area contributed by atoms with Crippen LogP contribution in [0.4, 0.5) is 0 Å². The number of methoxy groups -OCH3 is 1. The first-order chi connectivity index (χ1) is 12.3. The first-order valence-corrected chi connectivity index (χ1v) is 8.83. The molecule has 0 saturated heterocycles. The van der Waals surface area contributed by atoms with Crippen molar-refractivity contribution in [2.24, 2.45) is 0 Å². The third-order valence-corrected chi connectivity index (χ3v) is 4.95. The molecule has 1 N–H and O–H groups in total. The number of aromatic amines is 1. The van der Waals surface area contributed by atoms with Gasteiger partial charge in [0.1, 0.15) is 5.75 Å². The van der Waals surface area contributed by atoms with Crippen LogP contribution < -0.4 is 20.9 Å². The number of benzene rings is 2. The van der Waals surface area contributed by atoms with Crippen molar-refractivity contribution in [3.8, 4) is 11.4 Å². The first kappa shape index (κ1) is 18.9. The number of ether oxygens (including phenoxy) is 1. The van der Waals surface area contributed by atoms with Crippen molar-refractivity contribution in [1.29, 1.82) is 0 Å². The third kappa shape index (κ3) is 3.51. The van der Waals surface area contributed by atoms with Crippen LogP contribution in [0.3, 0.4) is 0 Å². The summed E-state index contributed by atoms with van der Waals surface area (Å²) in [7, 11) is 1.49. The quantitative estimate of drug-likeness (QED) is 0.683. The fraction of sp³-hybridized carbons (Fsp3) is 0.0556. The van der Waals surface area contributed by atoms with Crippen LogP contribution in [0, 0.1) is 0 Å². The summed E-state index contributed by atoms with van der Waals surface area (Å²) in [5.41, 5.74) is 0.781. The lowest BCUT2D eigenvalue weighted by Gasteiger charge is -2.07. The van der Waals surface area contributed by atoms with E-state index in [1.807, 2.05) is 0 Å². The van der Waals surface area contributed by atoms with Crippen molar-refractivity contribution in [1.82, 2.24) is 9.78 Å². The van der Waals surface area contributed by atoms with Crippen LogP contribution in [-0.4, -0.2) is 16.9 Å². The number of hydrogen-bond donors (Lipinski definition) is 1. The van der Waals surface area contributed by atoms with Gasteiger partial charge in [-0.05, 0) is 36.4 Å². The number of nitrogens with zero attached hydrogens (tertiary/aromatic N) is 1. The molecular formula is C18H12Cl4N2O2. The Bertz CT molecular complexity index is 1170. The van der Waals surface area contributed by atoms with Crippen molar-refractivity contribution in [2.45, 2.75) is 0 Å². The van der Waals surface area contributed by atoms with Gasteiger partial charge in [-0.1, -0.05) is 53.0 Å². The minimum Gasteiger partial charge on any atom is -0.495 e. The van der Waals surface area contributed by atoms with E-state index in [4.69, 9.17) is 51.1 Å². The minimum absolute atomic E-state index is 0.313. The molecule has 0 bridgehead atoms. The molecule has 8 heteroatoms. The Labute approximate surface area is 168 Å². The number of rotatable bonds is 3. The van der Waals surface area contributed by atoms with Crippen molar-refractivity contribution in [3.63, 3.8) is 0 Å². The largest absolute Gasteiger partial charge is 0.495 e. The van der Waals surface area contributed by atoms with E-state index in [0.29, 0.717) is 47.7 Å². The van der Waals surface area contributed by atoms with Gasteiger partial charge >= 0.3 is 0 Å². The highest BCUT2D eigenvalue weighted by atomic mass is 35.5. The molecule has 4 nitrogen and oxygen atoms in total. The average Bonchev–Trinajstić information content (AvgIpc) is 2.85. The zero-order chi connectivity index (χ0) is 19.0. The summed E-state index contributed by atoms with van der Waals surface area (Å²) in [6.07, 6.45) is 1.62. The van der Waals surface area contributed by atoms with Crippen LogP contribution in [0.2, 0.25) is 20.1 Å². The molecule has 0 radical (unpaired) electrons. The highest BCUT2D eigenvalue weighted by Gasteiger charge is 2.11. The van der Waals surface area contributed by atoms with Gasteiger partial charge in [0, 0.05) is 10.6 Å². The number of hydrogen-bond acceptors (Lipinski definition) is 2. The Balaban J connectivity index is 2.24. The Hall–Kier alpha value is -1.85. The van der Waals surface area contributed by atoms with Gasteiger partial charge in [0.05, 0.1) is 38.4 Å². The molecule has 0 aliphatic heterocycles. The van der Waals surface area contributed by atoms with Crippen molar-refractivity contribution < 1.29 is 4.74 Å². The molecule has 0 saturated carbocycles. The van der Waals surface area contributed by atoms with Crippen LogP contribution >= 0.6 is 46.4 Å². The van der Waals surface area contributed by atoms with Crippen LogP contribution in [0.15, 0.2) is 35.1 Å². The maximum Gasteiger partial charge on any atom is 0.279 e. The lowest BCUT2D eigenvalue weighted by molar-refractivity contribution is 0.414. The molecule has 0 spiro atoms. The van der Waals surface area contributed by atoms with Crippen molar-refractivity contribution in [2.75, 3.05) is 7.11 Å². The van der Waals surface area contributed by atoms with Gasteiger partial charge in [-0.25, -0.2) is 4.68 Å². The number of halogens is 4. The van der Waals surface area contributed by atoms with Crippen LogP contribution in [0.1, 0.15) is 5.56 Å². The fourth-order valence-electron chi connectivity index (χ4n) is 2.51. The van der Waals surface area contributed by atoms with E-state index < -0.39 is 0 Å². The number of nitrogens with one attached hydrogen (secondary N) is 1. The van der Waals surface area contributed by atoms with Gasteiger partial charge in [0.15, 0.2) is 0 Å². The summed E-state index contributed by atoms with van der Waals surface area (Å²) in [6, 6.07) is 8.09. The van der Waals surface area contributed by atoms with E-state index >= 15 is 0 Å². The molecule has 134 valence electrons. The van der Waals surface area contributed by atoms with Gasteiger partial charge in [-0.15, -0.1) is 0 Å². The topological polar surface area (TPSA) is 47.0 Å². The highest BCUT2D eigenvalue weighted by molar-refractivity contribution is 6.42. The average molecular weight is 430 g/mol. The zero-order valence-corrected chi connectivity index (χ0v) is 16.5. The lowest BCUT2D eigenvalue weighted by Crippen LogP contribution is -2.34. The molecule has 0 aliphatic rings. The fourth-order valence-corrected chi connectivity index (χ4v) is 3.39. The molecule has 3 rings (SSSR count). The Morgan fingerprint density at radius 1 is 1.08 bits per heavy atom. The van der Waals surface area contributed by atoms with Crippen LogP contribution in [0.25, 0.3) is 18.3 Å². The van der Waals surface area contributed by atoms with Crippen molar-refractivity contribution in [3.05, 3.63) is 76.9 Å². The van der Waals surface area contributed by atoms with Gasteiger partial charge < -0.3 is 4.74 Å². The van der Waals surface area contributed by atoms with E-state index in [1.54, 1.807) is 36.4 Å². The highest BCUT2D eigenvalue weighted by Crippen LogP contribution is 2.32. The predicted octanol–water partition coefficient (Wildman–Crippen LogP) is 4.03. The van der Waals surface area contributed by atoms with E-state index in [-0.39, 0.29) is 5.56 Å². The monoisotopic (exact) mass is 428 g/mol. The third-order valence-electron chi connectivity index (χ3n) is 3.71. The standard InChI is InChI=1S/C18H12Cl4N2O2/c1-9-13(6-10-5-11(19)7-16(22)17(10)26-2)18(25)24(23-9)12-3-4-14(20)15(21)8-12/h3-8,23H,1H2,2H3. The smallest absolute Gasteiger partial charge is 0.279 e. The van der Waals surface area contributed by atoms with Gasteiger partial charge in [0.25, 0.3) is 5.56 Å². The molecule has 3 aromatic rings. The Kier molecular flexibility index (Phi) is 5.39. The maximum atomic E-state index is 12.8. The predicted molar refractivity (Wildman–Crippen MR) is 108 cm³/mol. The SMILES string of the molecule is C=c1[nH]n(-c2ccc(Cl)c(Cl)c2)c(=O)c1=Cc1cc(Cl)cc(Cl)c1OC. The summed E-state index contributed by atoms with van der Waals surface area (Å²) < 4.78 is 6.64. The molecule has 2 aromatic carbocycles. The van der Waals surface area contributed by atoms with E-state index in [9.17, 15) is 4.79 Å². The van der Waals surface area contributed by atoms with Gasteiger partial charge in [0.2, 0.25) is 0 Å². The minimum atomic E-state index is -0.313. The first-order valence-electron chi connectivity index (χ1n) is 7.32. The molecule has 0 amide bonds. The second-order valence-corrected chi connectivity index (χ2v) is 7.06. The number of aromatic nitrogens is 2. The molecule has 0 aliphatic carbocycles. The summed E-state index contributed by atoms with van der Waals surface area (Å²) in [5, 5.41) is 5.18. The molecular weight excluding hydrogens is 418 g/mol. The van der Waals surface area contributed by atoms with Gasteiger partial charge in [-0.3, -0.25) is 9.89 Å². The summed E-state index contributed by atoms with van der Waals surface area (Å²) in [5.74, 6) is 0.414. The zero-order valence-electron chi connectivity index (χ0n) is 13.4. The van der Waals surface area contributed by atoms with Crippen LogP contribution in [0.5, 0.6) is 5.75 Å². The van der Waals surface area contributed by atoms with E-state index in [0.717, 1.165) is 0 Å². The molecule has 0 fully saturated rings. The number of H-pyrrole nitrogens is 1. The summed E-state index contributed by atoms with van der Waals surface area (Å²) >= 11 is 24.2. The van der Waals surface area contributed by atoms with Crippen molar-refractivity contribution >= 4 is 59.1 Å². The molecule has 26 heavy (non-hydrogen) atoms. The summed E-state index contributed by atoms with van der Waals surface area (Å²) in [4.78, 5) is 12.8. The van der Waals surface area contributed by atoms with Gasteiger partial charge in [-0.2, -0.15) is 0 Å². The molecule has 0 atom stereocenters. The van der Waals surface area contributed by atoms with Crippen LogP contribution in [-0.2, 0) is 0 Å². The molecule has 1 aromatic heterocycles. The van der Waals surface area contributed by atoms with E-state index in [1.165, 1.54) is 11.8 Å². The van der Waals surface area contributed by atoms with E-state index in [2.05, 4.69) is 11.7 Å². The molecule has 0 unspecified atom stereocenters. The normalized spacial score (nSPS) is 11.8. The molecule has 1 heterocycles. The summed E-state index contributed by atoms with van der Waals surface area (Å²) in [6.45, 7) is 3.89. The second-order valence-electron chi connectivity index (χ2n) is 5.40. The maximum absolute atomic E-state index is 12.8. The second kappa shape index (κ2) is 7.41. The lowest BCUT2D eigenvalue weighted by atomic mass is 10.1. The Morgan fingerprint density at radius 3 is 2.46 bits per heavy atom. The Morgan fingerprint density at radius 2 is 1.81 bits per heavy atom.